The fourth-order valence-electron chi connectivity index (χ4n) is 2.64. The van der Waals surface area contributed by atoms with Crippen molar-refractivity contribution in [2.75, 3.05) is 5.32 Å². The number of oxazole rings is 1. The zero-order valence-corrected chi connectivity index (χ0v) is 14.1. The van der Waals surface area contributed by atoms with Gasteiger partial charge in [-0.2, -0.15) is 13.2 Å². The van der Waals surface area contributed by atoms with Crippen LogP contribution in [0.4, 0.5) is 19.0 Å². The van der Waals surface area contributed by atoms with E-state index in [0.29, 0.717) is 22.6 Å². The van der Waals surface area contributed by atoms with E-state index in [1.54, 1.807) is 25.1 Å². The summed E-state index contributed by atoms with van der Waals surface area (Å²) >= 11 is 0.870. The van der Waals surface area contributed by atoms with Gasteiger partial charge in [0.15, 0.2) is 17.3 Å². The maximum absolute atomic E-state index is 12.9. The number of aryl methyl sites for hydroxylation is 1. The van der Waals surface area contributed by atoms with Gasteiger partial charge in [0.25, 0.3) is 0 Å². The van der Waals surface area contributed by atoms with E-state index < -0.39 is 11.9 Å². The van der Waals surface area contributed by atoms with Crippen LogP contribution in [0.15, 0.2) is 34.3 Å². The summed E-state index contributed by atoms with van der Waals surface area (Å²) in [7, 11) is 0. The molecule has 3 aromatic heterocycles. The Morgan fingerprint density at radius 1 is 1.38 bits per heavy atom. The van der Waals surface area contributed by atoms with E-state index in [9.17, 15) is 18.0 Å². The summed E-state index contributed by atoms with van der Waals surface area (Å²) < 4.78 is 45.0. The lowest BCUT2D eigenvalue weighted by molar-refractivity contribution is -0.141. The van der Waals surface area contributed by atoms with E-state index in [-0.39, 0.29) is 23.0 Å². The maximum atomic E-state index is 12.9. The van der Waals surface area contributed by atoms with Crippen LogP contribution in [0.5, 0.6) is 0 Å². The van der Waals surface area contributed by atoms with E-state index in [4.69, 9.17) is 4.42 Å². The van der Waals surface area contributed by atoms with Crippen molar-refractivity contribution in [3.8, 4) is 0 Å². The maximum Gasteiger partial charge on any atom is 0.432 e. The molecule has 0 radical (unpaired) electrons. The summed E-state index contributed by atoms with van der Waals surface area (Å²) in [6, 6.07) is 5.20. The van der Waals surface area contributed by atoms with Gasteiger partial charge in [0, 0.05) is 12.3 Å². The Kier molecular flexibility index (Phi) is 3.72. The SMILES string of the molecule is Cc1nc2cc(CC(=O)Nc3ncn4c(C(F)(F)F)csc34)ccc2o1. The number of thiazole rings is 1. The molecule has 4 rings (SSSR count). The van der Waals surface area contributed by atoms with E-state index in [0.717, 1.165) is 27.4 Å². The second kappa shape index (κ2) is 5.84. The van der Waals surface area contributed by atoms with Crippen LogP contribution in [0.3, 0.4) is 0 Å². The molecular weight excluding hydrogens is 369 g/mol. The molecule has 0 saturated carbocycles. The van der Waals surface area contributed by atoms with Crippen molar-refractivity contribution in [1.82, 2.24) is 14.4 Å². The van der Waals surface area contributed by atoms with Gasteiger partial charge in [-0.25, -0.2) is 9.97 Å². The molecule has 0 aliphatic heterocycles. The predicted molar refractivity (Wildman–Crippen MR) is 89.2 cm³/mol. The number of rotatable bonds is 3. The standard InChI is InChI=1S/C16H11F3N4O2S/c1-8-21-10-4-9(2-3-11(10)25-8)5-13(24)22-14-15-23(7-20-14)12(6-26-15)16(17,18)19/h2-4,6-7H,5H2,1H3,(H,22,24). The number of imidazole rings is 1. The normalized spacial score (nSPS) is 12.2. The van der Waals surface area contributed by atoms with Crippen molar-refractivity contribution < 1.29 is 22.4 Å². The van der Waals surface area contributed by atoms with Gasteiger partial charge in [-0.3, -0.25) is 9.20 Å². The molecule has 0 aliphatic rings. The highest BCUT2D eigenvalue weighted by Crippen LogP contribution is 2.35. The number of hydrogen-bond donors (Lipinski definition) is 1. The van der Waals surface area contributed by atoms with E-state index in [1.807, 2.05) is 0 Å². The molecule has 0 fully saturated rings. The van der Waals surface area contributed by atoms with Crippen molar-refractivity contribution in [2.24, 2.45) is 0 Å². The van der Waals surface area contributed by atoms with Crippen LogP contribution in [-0.2, 0) is 17.4 Å². The number of hydrogen-bond acceptors (Lipinski definition) is 5. The second-order valence-corrected chi connectivity index (χ2v) is 6.51. The number of benzene rings is 1. The lowest BCUT2D eigenvalue weighted by Crippen LogP contribution is -2.14. The van der Waals surface area contributed by atoms with E-state index in [2.05, 4.69) is 15.3 Å². The zero-order valence-electron chi connectivity index (χ0n) is 13.3. The average molecular weight is 380 g/mol. The molecule has 0 bridgehead atoms. The minimum absolute atomic E-state index is 0.0401. The van der Waals surface area contributed by atoms with E-state index >= 15 is 0 Å². The molecule has 1 amide bonds. The smallest absolute Gasteiger partial charge is 0.432 e. The summed E-state index contributed by atoms with van der Waals surface area (Å²) in [6.45, 7) is 1.73. The lowest BCUT2D eigenvalue weighted by atomic mass is 10.1. The summed E-state index contributed by atoms with van der Waals surface area (Å²) in [4.78, 5) is 20.6. The molecule has 0 aliphatic carbocycles. The second-order valence-electron chi connectivity index (χ2n) is 5.65. The first-order valence-corrected chi connectivity index (χ1v) is 8.37. The first-order valence-electron chi connectivity index (χ1n) is 7.49. The molecule has 6 nitrogen and oxygen atoms in total. The highest BCUT2D eigenvalue weighted by Gasteiger charge is 2.35. The number of nitrogens with one attached hydrogen (secondary N) is 1. The molecule has 134 valence electrons. The van der Waals surface area contributed by atoms with Gasteiger partial charge in [-0.15, -0.1) is 11.3 Å². The molecule has 3 heterocycles. The minimum atomic E-state index is -4.48. The van der Waals surface area contributed by atoms with Gasteiger partial charge in [-0.05, 0) is 17.7 Å². The van der Waals surface area contributed by atoms with Crippen molar-refractivity contribution >= 4 is 39.0 Å². The molecule has 0 unspecified atom stereocenters. The fraction of sp³-hybridized carbons (Fsp3) is 0.188. The molecule has 0 spiro atoms. The van der Waals surface area contributed by atoms with Gasteiger partial charge in [-0.1, -0.05) is 6.07 Å². The third-order valence-electron chi connectivity index (χ3n) is 3.74. The average Bonchev–Trinajstić information content (AvgIpc) is 3.21. The molecule has 0 atom stereocenters. The van der Waals surface area contributed by atoms with Crippen LogP contribution in [0.25, 0.3) is 15.9 Å². The third kappa shape index (κ3) is 2.92. The van der Waals surface area contributed by atoms with E-state index in [1.165, 1.54) is 0 Å². The number of amides is 1. The Bertz CT molecular complexity index is 1130. The molecule has 26 heavy (non-hydrogen) atoms. The molecule has 0 saturated heterocycles. The first kappa shape index (κ1) is 16.6. The Morgan fingerprint density at radius 3 is 2.96 bits per heavy atom. The molecular formula is C16H11F3N4O2S. The van der Waals surface area contributed by atoms with Crippen LogP contribution in [0.1, 0.15) is 17.1 Å². The Hall–Kier alpha value is -2.88. The number of carbonyl (C=O) groups excluding carboxylic acids is 1. The van der Waals surface area contributed by atoms with Crippen molar-refractivity contribution in [2.45, 2.75) is 19.5 Å². The minimum Gasteiger partial charge on any atom is -0.441 e. The van der Waals surface area contributed by atoms with Crippen molar-refractivity contribution in [1.29, 1.82) is 0 Å². The van der Waals surface area contributed by atoms with Gasteiger partial charge < -0.3 is 9.73 Å². The Balaban J connectivity index is 1.54. The van der Waals surface area contributed by atoms with Crippen LogP contribution in [-0.4, -0.2) is 20.3 Å². The number of carbonyl (C=O) groups is 1. The molecule has 10 heteroatoms. The number of anilines is 1. The third-order valence-corrected chi connectivity index (χ3v) is 4.69. The largest absolute Gasteiger partial charge is 0.441 e. The molecule has 1 N–H and O–H groups in total. The summed E-state index contributed by atoms with van der Waals surface area (Å²) in [5, 5.41) is 3.55. The van der Waals surface area contributed by atoms with Crippen LogP contribution in [0, 0.1) is 6.92 Å². The van der Waals surface area contributed by atoms with Crippen LogP contribution in [0.2, 0.25) is 0 Å². The fourth-order valence-corrected chi connectivity index (χ4v) is 3.58. The van der Waals surface area contributed by atoms with Gasteiger partial charge >= 0.3 is 6.18 Å². The summed E-state index contributed by atoms with van der Waals surface area (Å²) in [6.07, 6.45) is -3.39. The Morgan fingerprint density at radius 2 is 2.19 bits per heavy atom. The molecule has 4 aromatic rings. The highest BCUT2D eigenvalue weighted by molar-refractivity contribution is 7.16. The first-order chi connectivity index (χ1) is 12.3. The van der Waals surface area contributed by atoms with Crippen LogP contribution >= 0.6 is 11.3 Å². The van der Waals surface area contributed by atoms with Gasteiger partial charge in [0.2, 0.25) is 5.91 Å². The number of halogens is 3. The van der Waals surface area contributed by atoms with Crippen molar-refractivity contribution in [3.63, 3.8) is 0 Å². The summed E-state index contributed by atoms with van der Waals surface area (Å²) in [5.74, 6) is 0.251. The number of alkyl halides is 3. The number of nitrogens with zero attached hydrogens (tertiary/aromatic N) is 3. The van der Waals surface area contributed by atoms with Crippen molar-refractivity contribution in [3.05, 3.63) is 47.1 Å². The molecule has 1 aromatic carbocycles. The van der Waals surface area contributed by atoms with Gasteiger partial charge in [0.1, 0.15) is 22.4 Å². The summed E-state index contributed by atoms with van der Waals surface area (Å²) in [5.41, 5.74) is 1.16. The number of fused-ring (bicyclic) bond motifs is 2. The zero-order chi connectivity index (χ0) is 18.5. The topological polar surface area (TPSA) is 72.4 Å². The van der Waals surface area contributed by atoms with Gasteiger partial charge in [0.05, 0.1) is 6.42 Å². The van der Waals surface area contributed by atoms with Crippen LogP contribution < -0.4 is 5.32 Å². The monoisotopic (exact) mass is 380 g/mol. The predicted octanol–water partition coefficient (Wildman–Crippen LogP) is 4.05. The lowest BCUT2D eigenvalue weighted by Gasteiger charge is -2.03. The number of aromatic nitrogens is 3. The highest BCUT2D eigenvalue weighted by atomic mass is 32.1. The quantitative estimate of drug-likeness (QED) is 0.582. The Labute approximate surface area is 148 Å².